The van der Waals surface area contributed by atoms with Crippen LogP contribution in [0.25, 0.3) is 0 Å². The summed E-state index contributed by atoms with van der Waals surface area (Å²) in [6.07, 6.45) is -3.12. The van der Waals surface area contributed by atoms with Gasteiger partial charge in [0.2, 0.25) is 5.91 Å². The van der Waals surface area contributed by atoms with E-state index in [2.05, 4.69) is 13.2 Å². The summed E-state index contributed by atoms with van der Waals surface area (Å²) in [5, 5.41) is 0.346. The summed E-state index contributed by atoms with van der Waals surface area (Å²) in [7, 11) is 2.51. The van der Waals surface area contributed by atoms with Crippen molar-refractivity contribution in [1.29, 1.82) is 0 Å². The van der Waals surface area contributed by atoms with Gasteiger partial charge in [0, 0.05) is 20.6 Å². The van der Waals surface area contributed by atoms with Gasteiger partial charge >= 0.3 is 12.3 Å². The second-order valence-electron chi connectivity index (χ2n) is 7.70. The van der Waals surface area contributed by atoms with E-state index < -0.39 is 36.7 Å². The number of benzene rings is 1. The second-order valence-corrected chi connectivity index (χ2v) is 9.30. The minimum Gasteiger partial charge on any atom is -0.409 e. The number of nitrogens with zero attached hydrogens (tertiary/aromatic N) is 2. The minimum absolute atomic E-state index is 0.0191. The number of amides is 2. The molecule has 2 amide bonds. The number of halogens is 7. The quantitative estimate of drug-likeness (QED) is 0.206. The van der Waals surface area contributed by atoms with Crippen LogP contribution in [-0.4, -0.2) is 54.2 Å². The van der Waals surface area contributed by atoms with Gasteiger partial charge in [0.15, 0.2) is 5.75 Å². The highest BCUT2D eigenvalue weighted by molar-refractivity contribution is 6.44. The maximum absolute atomic E-state index is 13.2. The third kappa shape index (κ3) is 8.47. The Balaban J connectivity index is 3.56. The van der Waals surface area contributed by atoms with E-state index in [0.29, 0.717) is 0 Å². The summed E-state index contributed by atoms with van der Waals surface area (Å²) in [5.41, 5.74) is -1.39. The Morgan fingerprint density at radius 1 is 1.14 bits per heavy atom. The predicted octanol–water partition coefficient (Wildman–Crippen LogP) is 7.97. The van der Waals surface area contributed by atoms with Gasteiger partial charge in [0.25, 0.3) is 0 Å². The van der Waals surface area contributed by atoms with E-state index in [1.54, 1.807) is 6.92 Å². The van der Waals surface area contributed by atoms with Crippen molar-refractivity contribution in [2.75, 3.05) is 20.6 Å². The number of hydrogen-bond acceptors (Lipinski definition) is 3. The Kier molecular flexibility index (Phi) is 11.9. The molecule has 0 aliphatic rings. The minimum atomic E-state index is -4.72. The van der Waals surface area contributed by atoms with Crippen molar-refractivity contribution >= 4 is 58.4 Å². The largest absolute Gasteiger partial charge is 0.415 e. The van der Waals surface area contributed by atoms with Crippen molar-refractivity contribution in [3.05, 3.63) is 75.3 Å². The number of likely N-dealkylation sites (N-methyl/N-ethyl adjacent to an activating group) is 2. The van der Waals surface area contributed by atoms with E-state index in [1.807, 2.05) is 0 Å². The second kappa shape index (κ2) is 13.4. The van der Waals surface area contributed by atoms with Crippen LogP contribution in [0.4, 0.5) is 18.0 Å². The molecule has 0 spiro atoms. The van der Waals surface area contributed by atoms with E-state index in [9.17, 15) is 22.8 Å². The van der Waals surface area contributed by atoms with Crippen molar-refractivity contribution < 1.29 is 27.5 Å². The lowest BCUT2D eigenvalue weighted by molar-refractivity contribution is -0.161. The molecule has 1 aromatic rings. The SMILES string of the molecule is C=CC[C@@](CN(C)C(=O)CC(F)(F)F)(C(=C)/C=C(Cl)\C(Cl)=C/C)N(C)C(=O)Oc1cccc(Cl)c1Cl. The molecule has 36 heavy (non-hydrogen) atoms. The van der Waals surface area contributed by atoms with Crippen LogP contribution in [0.2, 0.25) is 10.0 Å². The predicted molar refractivity (Wildman–Crippen MR) is 139 cm³/mol. The van der Waals surface area contributed by atoms with Crippen molar-refractivity contribution in [3.8, 4) is 5.75 Å². The Morgan fingerprint density at radius 3 is 2.28 bits per heavy atom. The number of rotatable bonds is 10. The molecule has 0 aromatic heterocycles. The fraction of sp³-hybridized carbons (Fsp3) is 0.333. The topological polar surface area (TPSA) is 49.9 Å². The van der Waals surface area contributed by atoms with E-state index in [1.165, 1.54) is 50.5 Å². The zero-order valence-electron chi connectivity index (χ0n) is 19.8. The highest BCUT2D eigenvalue weighted by Crippen LogP contribution is 2.36. The summed E-state index contributed by atoms with van der Waals surface area (Å²) in [6, 6.07) is 4.41. The van der Waals surface area contributed by atoms with Gasteiger partial charge in [-0.25, -0.2) is 4.79 Å². The van der Waals surface area contributed by atoms with Crippen LogP contribution < -0.4 is 4.74 Å². The molecule has 0 bridgehead atoms. The molecule has 0 saturated carbocycles. The normalized spacial score (nSPS) is 14.1. The van der Waals surface area contributed by atoms with Crippen LogP contribution in [0.5, 0.6) is 5.75 Å². The average molecular weight is 588 g/mol. The van der Waals surface area contributed by atoms with E-state index in [-0.39, 0.29) is 37.9 Å². The van der Waals surface area contributed by atoms with Gasteiger partial charge in [-0.15, -0.1) is 6.58 Å². The first-order chi connectivity index (χ1) is 16.6. The molecule has 1 aromatic carbocycles. The maximum atomic E-state index is 13.2. The Labute approximate surface area is 228 Å². The summed E-state index contributed by atoms with van der Waals surface area (Å²) < 4.78 is 44.0. The van der Waals surface area contributed by atoms with Crippen LogP contribution in [-0.2, 0) is 4.79 Å². The first-order valence-corrected chi connectivity index (χ1v) is 11.8. The number of hydrogen-bond donors (Lipinski definition) is 0. The van der Waals surface area contributed by atoms with Crippen LogP contribution in [0, 0.1) is 0 Å². The first kappa shape index (κ1) is 31.9. The summed E-state index contributed by atoms with van der Waals surface area (Å²) >= 11 is 24.4. The number of alkyl halides is 3. The van der Waals surface area contributed by atoms with Gasteiger partial charge in [-0.2, -0.15) is 13.2 Å². The molecule has 5 nitrogen and oxygen atoms in total. The van der Waals surface area contributed by atoms with Gasteiger partial charge in [-0.3, -0.25) is 9.69 Å². The molecule has 198 valence electrons. The third-order valence-electron chi connectivity index (χ3n) is 5.17. The van der Waals surface area contributed by atoms with Crippen LogP contribution in [0.1, 0.15) is 19.8 Å². The van der Waals surface area contributed by atoms with Crippen molar-refractivity contribution in [1.82, 2.24) is 9.80 Å². The molecule has 0 radical (unpaired) electrons. The zero-order valence-corrected chi connectivity index (χ0v) is 22.8. The van der Waals surface area contributed by atoms with Crippen molar-refractivity contribution in [2.45, 2.75) is 31.5 Å². The number of ether oxygens (including phenoxy) is 1. The number of carbonyl (C=O) groups is 2. The van der Waals surface area contributed by atoms with Gasteiger partial charge < -0.3 is 9.64 Å². The van der Waals surface area contributed by atoms with E-state index in [0.717, 1.165) is 9.80 Å². The fourth-order valence-electron chi connectivity index (χ4n) is 3.18. The number of carbonyl (C=O) groups excluding carboxylic acids is 2. The van der Waals surface area contributed by atoms with Crippen LogP contribution >= 0.6 is 46.4 Å². The van der Waals surface area contributed by atoms with E-state index in [4.69, 9.17) is 51.1 Å². The molecule has 0 aliphatic heterocycles. The molecule has 1 rings (SSSR count). The Bertz CT molecular complexity index is 1070. The standard InChI is InChI=1S/C24H25Cl4F3N2O3/c1-6-11-23(15(3)12-18(27)16(25)7-2,14-32(4)20(34)13-24(29,30)31)33(5)22(35)36-19-10-8-9-17(26)21(19)28/h6-10,12H,1,3,11,13-14H2,2,4-5H3/b16-7+,18-12+/t23-/m1/s1. The molecular formula is C24H25Cl4F3N2O3. The molecule has 0 aliphatic carbocycles. The van der Waals surface area contributed by atoms with Gasteiger partial charge in [0.05, 0.1) is 20.6 Å². The maximum Gasteiger partial charge on any atom is 0.415 e. The average Bonchev–Trinajstić information content (AvgIpc) is 2.79. The number of allylic oxidation sites excluding steroid dienone is 3. The summed E-state index contributed by atoms with van der Waals surface area (Å²) in [6.45, 7) is 8.90. The van der Waals surface area contributed by atoms with Gasteiger partial charge in [-0.1, -0.05) is 71.2 Å². The summed E-state index contributed by atoms with van der Waals surface area (Å²) in [4.78, 5) is 27.5. The lowest BCUT2D eigenvalue weighted by Gasteiger charge is -2.44. The van der Waals surface area contributed by atoms with Crippen molar-refractivity contribution in [3.63, 3.8) is 0 Å². The highest BCUT2D eigenvalue weighted by atomic mass is 35.5. The van der Waals surface area contributed by atoms with Crippen LogP contribution in [0.15, 0.2) is 65.2 Å². The van der Waals surface area contributed by atoms with Gasteiger partial charge in [-0.05, 0) is 37.1 Å². The van der Waals surface area contributed by atoms with Crippen LogP contribution in [0.3, 0.4) is 0 Å². The molecule has 0 heterocycles. The summed E-state index contributed by atoms with van der Waals surface area (Å²) in [5.74, 6) is -1.27. The van der Waals surface area contributed by atoms with Crippen molar-refractivity contribution in [2.24, 2.45) is 0 Å². The Morgan fingerprint density at radius 2 is 1.75 bits per heavy atom. The zero-order chi connectivity index (χ0) is 27.8. The van der Waals surface area contributed by atoms with E-state index >= 15 is 0 Å². The molecule has 12 heteroatoms. The van der Waals surface area contributed by atoms with Gasteiger partial charge in [0.1, 0.15) is 11.4 Å². The highest BCUT2D eigenvalue weighted by Gasteiger charge is 2.43. The molecule has 0 N–H and O–H groups in total. The molecule has 0 fully saturated rings. The molecular weight excluding hydrogens is 563 g/mol. The Hall–Kier alpha value is -2.13. The molecule has 0 saturated heterocycles. The monoisotopic (exact) mass is 586 g/mol. The smallest absolute Gasteiger partial charge is 0.409 e. The lowest BCUT2D eigenvalue weighted by atomic mass is 9.84. The third-order valence-corrected chi connectivity index (χ3v) is 6.80. The molecule has 0 unspecified atom stereocenters. The fourth-order valence-corrected chi connectivity index (χ4v) is 3.80. The molecule has 1 atom stereocenters. The lowest BCUT2D eigenvalue weighted by Crippen LogP contribution is -2.58. The first-order valence-electron chi connectivity index (χ1n) is 10.3.